The first-order valence-electron chi connectivity index (χ1n) is 7.33. The van der Waals surface area contributed by atoms with E-state index in [2.05, 4.69) is 10.6 Å². The van der Waals surface area contributed by atoms with Gasteiger partial charge in [-0.15, -0.1) is 11.8 Å². The molecule has 0 saturated carbocycles. The molecule has 0 aromatic heterocycles. The average Bonchev–Trinajstić information content (AvgIpc) is 2.59. The third-order valence-electron chi connectivity index (χ3n) is 3.43. The number of benzene rings is 2. The third kappa shape index (κ3) is 5.68. The Balaban J connectivity index is 1.85. The first kappa shape index (κ1) is 19.1. The van der Waals surface area contributed by atoms with E-state index in [0.29, 0.717) is 5.56 Å². The molecule has 0 aliphatic heterocycles. The number of nitrogens with one attached hydrogen (secondary N) is 2. The van der Waals surface area contributed by atoms with Crippen LogP contribution in [-0.2, 0) is 6.18 Å². The van der Waals surface area contributed by atoms with Crippen LogP contribution < -0.4 is 10.6 Å². The maximum Gasteiger partial charge on any atom is 0.416 e. The lowest BCUT2D eigenvalue weighted by molar-refractivity contribution is -0.137. The Morgan fingerprint density at radius 2 is 1.72 bits per heavy atom. The van der Waals surface area contributed by atoms with Gasteiger partial charge in [-0.25, -0.2) is 4.79 Å². The van der Waals surface area contributed by atoms with Gasteiger partial charge in [-0.3, -0.25) is 0 Å². The van der Waals surface area contributed by atoms with Gasteiger partial charge in [0.05, 0.1) is 11.7 Å². The van der Waals surface area contributed by atoms with E-state index in [1.165, 1.54) is 12.1 Å². The zero-order valence-electron chi connectivity index (χ0n) is 13.3. The van der Waals surface area contributed by atoms with Crippen LogP contribution in [0.25, 0.3) is 0 Å². The Morgan fingerprint density at radius 3 is 2.24 bits per heavy atom. The summed E-state index contributed by atoms with van der Waals surface area (Å²) in [6, 6.07) is 10.8. The summed E-state index contributed by atoms with van der Waals surface area (Å²) in [5, 5.41) is 14.9. The molecular formula is C17H17F3N2O2S. The van der Waals surface area contributed by atoms with E-state index in [9.17, 15) is 23.1 Å². The van der Waals surface area contributed by atoms with Crippen LogP contribution in [0.3, 0.4) is 0 Å². The molecule has 0 saturated heterocycles. The minimum absolute atomic E-state index is 0.0227. The van der Waals surface area contributed by atoms with Crippen molar-refractivity contribution < 1.29 is 23.1 Å². The minimum atomic E-state index is -4.42. The van der Waals surface area contributed by atoms with Crippen LogP contribution in [-0.4, -0.2) is 23.9 Å². The number of aliphatic hydroxyl groups excluding tert-OH is 1. The zero-order chi connectivity index (χ0) is 18.4. The van der Waals surface area contributed by atoms with Crippen LogP contribution in [0, 0.1) is 0 Å². The molecular weight excluding hydrogens is 353 g/mol. The highest BCUT2D eigenvalue weighted by Gasteiger charge is 2.29. The number of carbonyl (C=O) groups excluding carboxylic acids is 1. The van der Waals surface area contributed by atoms with Crippen LogP contribution in [0.1, 0.15) is 17.2 Å². The van der Waals surface area contributed by atoms with E-state index < -0.39 is 23.9 Å². The molecule has 1 atom stereocenters. The standard InChI is InChI=1S/C17H17F3N2O2S/c1-25-14-8-2-11(3-9-14)15(23)10-21-16(24)22-13-6-4-12(5-7-13)17(18,19)20/h2-9,15,23H,10H2,1H3,(H2,21,22,24). The van der Waals surface area contributed by atoms with Crippen LogP contribution in [0.5, 0.6) is 0 Å². The number of anilines is 1. The number of aliphatic hydroxyl groups is 1. The van der Waals surface area contributed by atoms with Gasteiger partial charge < -0.3 is 15.7 Å². The number of amides is 2. The van der Waals surface area contributed by atoms with Gasteiger partial charge in [0.15, 0.2) is 0 Å². The van der Waals surface area contributed by atoms with E-state index in [4.69, 9.17) is 0 Å². The fourth-order valence-corrected chi connectivity index (χ4v) is 2.46. The van der Waals surface area contributed by atoms with E-state index in [1.807, 2.05) is 18.4 Å². The Hall–Kier alpha value is -2.19. The minimum Gasteiger partial charge on any atom is -0.387 e. The normalized spacial score (nSPS) is 12.5. The highest BCUT2D eigenvalue weighted by molar-refractivity contribution is 7.98. The number of thioether (sulfide) groups is 1. The summed E-state index contributed by atoms with van der Waals surface area (Å²) in [4.78, 5) is 12.8. The molecule has 0 fully saturated rings. The summed E-state index contributed by atoms with van der Waals surface area (Å²) in [5.74, 6) is 0. The van der Waals surface area contributed by atoms with Gasteiger partial charge in [0.25, 0.3) is 0 Å². The lowest BCUT2D eigenvalue weighted by Gasteiger charge is -2.14. The van der Waals surface area contributed by atoms with Crippen LogP contribution >= 0.6 is 11.8 Å². The van der Waals surface area contributed by atoms with Crippen molar-refractivity contribution in [1.82, 2.24) is 5.32 Å². The smallest absolute Gasteiger partial charge is 0.387 e. The molecule has 2 aromatic carbocycles. The summed E-state index contributed by atoms with van der Waals surface area (Å²) < 4.78 is 37.4. The van der Waals surface area contributed by atoms with E-state index >= 15 is 0 Å². The number of halogens is 3. The fraction of sp³-hybridized carbons (Fsp3) is 0.235. The number of hydrogen-bond donors (Lipinski definition) is 3. The highest BCUT2D eigenvalue weighted by Crippen LogP contribution is 2.29. The molecule has 2 aromatic rings. The number of urea groups is 1. The van der Waals surface area contributed by atoms with Crippen LogP contribution in [0.4, 0.5) is 23.7 Å². The monoisotopic (exact) mass is 370 g/mol. The van der Waals surface area contributed by atoms with Gasteiger partial charge in [-0.05, 0) is 48.2 Å². The predicted molar refractivity (Wildman–Crippen MR) is 91.6 cm³/mol. The summed E-state index contributed by atoms with van der Waals surface area (Å²) in [7, 11) is 0. The van der Waals surface area contributed by atoms with Gasteiger partial charge in [-0.2, -0.15) is 13.2 Å². The van der Waals surface area contributed by atoms with Crippen molar-refractivity contribution in [2.24, 2.45) is 0 Å². The van der Waals surface area contributed by atoms with Gasteiger partial charge in [-0.1, -0.05) is 12.1 Å². The molecule has 2 rings (SSSR count). The van der Waals surface area contributed by atoms with E-state index in [1.54, 1.807) is 23.9 Å². The molecule has 8 heteroatoms. The molecule has 0 aliphatic rings. The van der Waals surface area contributed by atoms with Gasteiger partial charge in [0.2, 0.25) is 0 Å². The molecule has 134 valence electrons. The molecule has 0 spiro atoms. The number of alkyl halides is 3. The molecule has 3 N–H and O–H groups in total. The quantitative estimate of drug-likeness (QED) is 0.689. The van der Waals surface area contributed by atoms with E-state index in [0.717, 1.165) is 17.0 Å². The van der Waals surface area contributed by atoms with Crippen molar-refractivity contribution in [3.05, 3.63) is 59.7 Å². The first-order chi connectivity index (χ1) is 11.8. The molecule has 2 amide bonds. The Bertz CT molecular complexity index is 703. The molecule has 0 radical (unpaired) electrons. The van der Waals surface area contributed by atoms with Crippen molar-refractivity contribution in [2.45, 2.75) is 17.2 Å². The summed E-state index contributed by atoms with van der Waals surface area (Å²) in [6.07, 6.45) is -3.36. The number of rotatable bonds is 5. The Labute approximate surface area is 147 Å². The summed E-state index contributed by atoms with van der Waals surface area (Å²) in [5.41, 5.74) is 0.0968. The van der Waals surface area contributed by atoms with Crippen molar-refractivity contribution in [2.75, 3.05) is 18.1 Å². The largest absolute Gasteiger partial charge is 0.416 e. The molecule has 0 aliphatic carbocycles. The lowest BCUT2D eigenvalue weighted by atomic mass is 10.1. The lowest BCUT2D eigenvalue weighted by Crippen LogP contribution is -2.32. The van der Waals surface area contributed by atoms with Crippen molar-refractivity contribution in [3.8, 4) is 0 Å². The Kier molecular flexibility index (Phi) is 6.33. The summed E-state index contributed by atoms with van der Waals surface area (Å²) in [6.45, 7) is -0.0227. The van der Waals surface area contributed by atoms with Gasteiger partial charge in [0.1, 0.15) is 0 Å². The van der Waals surface area contributed by atoms with Crippen LogP contribution in [0.15, 0.2) is 53.4 Å². The molecule has 4 nitrogen and oxygen atoms in total. The van der Waals surface area contributed by atoms with Crippen molar-refractivity contribution in [3.63, 3.8) is 0 Å². The van der Waals surface area contributed by atoms with Crippen molar-refractivity contribution in [1.29, 1.82) is 0 Å². The maximum absolute atomic E-state index is 12.5. The SMILES string of the molecule is CSc1ccc(C(O)CNC(=O)Nc2ccc(C(F)(F)F)cc2)cc1. The zero-order valence-corrected chi connectivity index (χ0v) is 14.1. The van der Waals surface area contributed by atoms with E-state index in [-0.39, 0.29) is 12.2 Å². The predicted octanol–water partition coefficient (Wildman–Crippen LogP) is 4.28. The molecule has 0 bridgehead atoms. The topological polar surface area (TPSA) is 61.4 Å². The number of hydrogen-bond acceptors (Lipinski definition) is 3. The number of carbonyl (C=O) groups is 1. The average molecular weight is 370 g/mol. The Morgan fingerprint density at radius 1 is 1.12 bits per heavy atom. The molecule has 25 heavy (non-hydrogen) atoms. The maximum atomic E-state index is 12.5. The second-order valence-corrected chi connectivity index (χ2v) is 6.08. The first-order valence-corrected chi connectivity index (χ1v) is 8.56. The fourth-order valence-electron chi connectivity index (χ4n) is 2.05. The van der Waals surface area contributed by atoms with Gasteiger partial charge in [0, 0.05) is 17.1 Å². The van der Waals surface area contributed by atoms with Crippen LogP contribution in [0.2, 0.25) is 0 Å². The second kappa shape index (κ2) is 8.26. The molecule has 1 unspecified atom stereocenters. The van der Waals surface area contributed by atoms with Crippen molar-refractivity contribution >= 4 is 23.5 Å². The second-order valence-electron chi connectivity index (χ2n) is 5.20. The third-order valence-corrected chi connectivity index (χ3v) is 4.17. The summed E-state index contributed by atoms with van der Waals surface area (Å²) >= 11 is 1.58. The van der Waals surface area contributed by atoms with Gasteiger partial charge >= 0.3 is 12.2 Å². The highest BCUT2D eigenvalue weighted by atomic mass is 32.2. The molecule has 0 heterocycles.